The Kier molecular flexibility index (Phi) is 6.19. The first-order chi connectivity index (χ1) is 13.1. The van der Waals surface area contributed by atoms with Crippen LogP contribution in [0.1, 0.15) is 44.4 Å². The molecular weight excluding hydrogens is 368 g/mol. The van der Waals surface area contributed by atoms with E-state index in [1.807, 2.05) is 17.5 Å². The minimum atomic E-state index is -0.830. The highest BCUT2D eigenvalue weighted by molar-refractivity contribution is 7.13. The van der Waals surface area contributed by atoms with Gasteiger partial charge in [0.1, 0.15) is 5.54 Å². The fourth-order valence-corrected chi connectivity index (χ4v) is 3.66. The third-order valence-corrected chi connectivity index (χ3v) is 5.28. The smallest absolute Gasteiger partial charge is 0.306 e. The van der Waals surface area contributed by atoms with Crippen LogP contribution in [0.15, 0.2) is 22.0 Å². The normalized spacial score (nSPS) is 15.7. The van der Waals surface area contributed by atoms with Crippen LogP contribution in [0.25, 0.3) is 10.7 Å². The Labute approximate surface area is 160 Å². The first kappa shape index (κ1) is 19.0. The summed E-state index contributed by atoms with van der Waals surface area (Å²) in [5.74, 6) is -0.160. The highest BCUT2D eigenvalue weighted by atomic mass is 32.1. The van der Waals surface area contributed by atoms with Crippen LogP contribution in [-0.2, 0) is 20.7 Å². The molecule has 0 spiro atoms. The Hall–Kier alpha value is -2.73. The van der Waals surface area contributed by atoms with E-state index >= 15 is 0 Å². The molecule has 1 aliphatic rings. The Bertz CT molecular complexity index is 819. The van der Waals surface area contributed by atoms with E-state index in [1.54, 1.807) is 0 Å². The predicted octanol–water partition coefficient (Wildman–Crippen LogP) is 2.62. The van der Waals surface area contributed by atoms with Crippen LogP contribution in [0.3, 0.4) is 0 Å². The first-order valence-corrected chi connectivity index (χ1v) is 9.72. The summed E-state index contributed by atoms with van der Waals surface area (Å²) in [6.07, 6.45) is 4.41. The van der Waals surface area contributed by atoms with Crippen molar-refractivity contribution in [2.45, 2.75) is 50.5 Å². The summed E-state index contributed by atoms with van der Waals surface area (Å²) in [6.45, 7) is -0.396. The van der Waals surface area contributed by atoms with Gasteiger partial charge in [-0.15, -0.1) is 11.3 Å². The molecule has 0 unspecified atom stereocenters. The number of aryl methyl sites for hydroxylation is 1. The number of nitriles is 1. The number of thiophene rings is 1. The molecule has 0 aromatic carbocycles. The number of nitrogens with one attached hydrogen (secondary N) is 1. The number of ether oxygens (including phenoxy) is 1. The van der Waals surface area contributed by atoms with Gasteiger partial charge in [-0.3, -0.25) is 9.59 Å². The zero-order valence-electron chi connectivity index (χ0n) is 14.8. The van der Waals surface area contributed by atoms with E-state index in [4.69, 9.17) is 9.26 Å². The summed E-state index contributed by atoms with van der Waals surface area (Å²) in [6, 6.07) is 5.97. The number of carbonyl (C=O) groups is 2. The van der Waals surface area contributed by atoms with E-state index in [0.717, 1.165) is 24.1 Å². The van der Waals surface area contributed by atoms with Crippen LogP contribution in [0, 0.1) is 11.3 Å². The predicted molar refractivity (Wildman–Crippen MR) is 96.5 cm³/mol. The maximum Gasteiger partial charge on any atom is 0.306 e. The van der Waals surface area contributed by atoms with Gasteiger partial charge in [-0.25, -0.2) is 0 Å². The number of hydrogen-bond donors (Lipinski definition) is 1. The second-order valence-electron chi connectivity index (χ2n) is 6.45. The molecule has 1 saturated carbocycles. The van der Waals surface area contributed by atoms with E-state index in [1.165, 1.54) is 11.3 Å². The zero-order valence-corrected chi connectivity index (χ0v) is 15.6. The lowest BCUT2D eigenvalue weighted by atomic mass is 9.83. The third-order valence-electron chi connectivity index (χ3n) is 4.42. The Morgan fingerprint density at radius 2 is 2.19 bits per heavy atom. The van der Waals surface area contributed by atoms with Crippen molar-refractivity contribution in [3.8, 4) is 16.8 Å². The molecule has 142 valence electrons. The minimum absolute atomic E-state index is 0.0305. The van der Waals surface area contributed by atoms with Crippen LogP contribution in [0.2, 0.25) is 0 Å². The molecule has 1 N–H and O–H groups in total. The van der Waals surface area contributed by atoms with Crippen molar-refractivity contribution >= 4 is 23.2 Å². The third kappa shape index (κ3) is 5.14. The molecule has 2 aromatic heterocycles. The Morgan fingerprint density at radius 3 is 2.89 bits per heavy atom. The number of hydrogen-bond acceptors (Lipinski definition) is 8. The van der Waals surface area contributed by atoms with Crippen molar-refractivity contribution in [3.63, 3.8) is 0 Å². The van der Waals surface area contributed by atoms with Gasteiger partial charge >= 0.3 is 5.97 Å². The number of carbonyl (C=O) groups excluding carboxylic acids is 2. The van der Waals surface area contributed by atoms with Crippen LogP contribution in [0.5, 0.6) is 0 Å². The second-order valence-corrected chi connectivity index (χ2v) is 7.40. The van der Waals surface area contributed by atoms with Gasteiger partial charge in [0, 0.05) is 6.42 Å². The van der Waals surface area contributed by atoms with Crippen molar-refractivity contribution in [2.75, 3.05) is 6.61 Å². The summed E-state index contributed by atoms with van der Waals surface area (Å²) in [7, 11) is 0. The van der Waals surface area contributed by atoms with Gasteiger partial charge in [0.2, 0.25) is 11.7 Å². The van der Waals surface area contributed by atoms with Crippen molar-refractivity contribution in [1.82, 2.24) is 15.5 Å². The lowest BCUT2D eigenvalue weighted by Gasteiger charge is -2.31. The van der Waals surface area contributed by atoms with Gasteiger partial charge < -0.3 is 14.6 Å². The molecule has 0 atom stereocenters. The number of amides is 1. The summed E-state index contributed by atoms with van der Waals surface area (Å²) >= 11 is 1.50. The van der Waals surface area contributed by atoms with Crippen LogP contribution in [0.4, 0.5) is 0 Å². The number of esters is 1. The molecule has 9 heteroatoms. The number of rotatable bonds is 7. The molecule has 27 heavy (non-hydrogen) atoms. The van der Waals surface area contributed by atoms with E-state index < -0.39 is 24.0 Å². The molecule has 0 bridgehead atoms. The largest absolute Gasteiger partial charge is 0.456 e. The highest BCUT2D eigenvalue weighted by Gasteiger charge is 2.33. The average molecular weight is 388 g/mol. The number of nitrogens with zero attached hydrogens (tertiary/aromatic N) is 3. The van der Waals surface area contributed by atoms with Crippen molar-refractivity contribution in [2.24, 2.45) is 0 Å². The van der Waals surface area contributed by atoms with Gasteiger partial charge in [0.15, 0.2) is 6.61 Å². The first-order valence-electron chi connectivity index (χ1n) is 8.85. The van der Waals surface area contributed by atoms with Crippen LogP contribution >= 0.6 is 11.3 Å². The molecule has 1 fully saturated rings. The molecular formula is C18H20N4O4S. The van der Waals surface area contributed by atoms with Gasteiger partial charge in [-0.2, -0.15) is 10.2 Å². The zero-order chi connectivity index (χ0) is 19.1. The molecule has 0 aliphatic heterocycles. The van der Waals surface area contributed by atoms with Gasteiger partial charge in [-0.05, 0) is 24.3 Å². The van der Waals surface area contributed by atoms with Crippen molar-refractivity contribution in [3.05, 3.63) is 23.4 Å². The summed E-state index contributed by atoms with van der Waals surface area (Å²) < 4.78 is 10.1. The van der Waals surface area contributed by atoms with E-state index in [9.17, 15) is 14.9 Å². The summed E-state index contributed by atoms with van der Waals surface area (Å²) in [5.41, 5.74) is -0.830. The van der Waals surface area contributed by atoms with Gasteiger partial charge in [-0.1, -0.05) is 30.5 Å². The molecule has 1 aliphatic carbocycles. The SMILES string of the molecule is N#CC1(NC(=O)COC(=O)CCc2nc(-c3cccs3)no2)CCCCC1. The van der Waals surface area contributed by atoms with E-state index in [2.05, 4.69) is 21.5 Å². The molecule has 1 amide bonds. The molecule has 2 heterocycles. The average Bonchev–Trinajstić information content (AvgIpc) is 3.37. The van der Waals surface area contributed by atoms with Gasteiger partial charge in [0.25, 0.3) is 5.91 Å². The maximum atomic E-state index is 12.0. The fourth-order valence-electron chi connectivity index (χ4n) is 3.01. The lowest BCUT2D eigenvalue weighted by Crippen LogP contribution is -2.50. The quantitative estimate of drug-likeness (QED) is 0.724. The molecule has 0 saturated heterocycles. The monoisotopic (exact) mass is 388 g/mol. The lowest BCUT2D eigenvalue weighted by molar-refractivity contribution is -0.149. The molecule has 8 nitrogen and oxygen atoms in total. The van der Waals surface area contributed by atoms with Gasteiger partial charge in [0.05, 0.1) is 17.4 Å². The van der Waals surface area contributed by atoms with Crippen LogP contribution < -0.4 is 5.32 Å². The highest BCUT2D eigenvalue weighted by Crippen LogP contribution is 2.27. The maximum absolute atomic E-state index is 12.0. The molecule has 2 aromatic rings. The molecule has 0 radical (unpaired) electrons. The topological polar surface area (TPSA) is 118 Å². The van der Waals surface area contributed by atoms with E-state index in [0.29, 0.717) is 24.6 Å². The van der Waals surface area contributed by atoms with E-state index in [-0.39, 0.29) is 12.8 Å². The second kappa shape index (κ2) is 8.77. The van der Waals surface area contributed by atoms with Crippen molar-refractivity contribution in [1.29, 1.82) is 5.26 Å². The summed E-state index contributed by atoms with van der Waals surface area (Å²) in [5, 5.41) is 17.9. The standard InChI is InChI=1S/C18H20N4O4S/c19-12-18(8-2-1-3-9-18)21-14(23)11-25-16(24)7-6-15-20-17(22-26-15)13-5-4-10-27-13/h4-5,10H,1-3,6-9,11H2,(H,21,23). The molecule has 3 rings (SSSR count). The fraction of sp³-hybridized carbons (Fsp3) is 0.500. The summed E-state index contributed by atoms with van der Waals surface area (Å²) in [4.78, 5) is 29.0. The van der Waals surface area contributed by atoms with Crippen molar-refractivity contribution < 1.29 is 18.8 Å². The Balaban J connectivity index is 1.40. The Morgan fingerprint density at radius 1 is 1.37 bits per heavy atom. The minimum Gasteiger partial charge on any atom is -0.456 e. The van der Waals surface area contributed by atoms with Crippen LogP contribution in [-0.4, -0.2) is 34.2 Å². The number of aromatic nitrogens is 2.